The van der Waals surface area contributed by atoms with Crippen molar-refractivity contribution in [2.75, 3.05) is 26.2 Å². The molecule has 0 aliphatic heterocycles. The van der Waals surface area contributed by atoms with Gasteiger partial charge in [-0.2, -0.15) is 5.10 Å². The second kappa shape index (κ2) is 8.47. The van der Waals surface area contributed by atoms with E-state index in [9.17, 15) is 4.79 Å². The molecule has 1 amide bonds. The van der Waals surface area contributed by atoms with E-state index >= 15 is 0 Å². The Labute approximate surface area is 158 Å². The zero-order valence-electron chi connectivity index (χ0n) is 15.7. The van der Waals surface area contributed by atoms with Crippen LogP contribution in [0.3, 0.4) is 0 Å². The number of hydrogen-bond donors (Lipinski definition) is 1. The molecule has 3 aromatic rings. The highest BCUT2D eigenvalue weighted by atomic mass is 32.1. The Morgan fingerprint density at radius 3 is 2.65 bits per heavy atom. The van der Waals surface area contributed by atoms with E-state index in [1.54, 1.807) is 0 Å². The molecule has 0 spiro atoms. The number of carbonyl (C=O) groups is 1. The molecule has 26 heavy (non-hydrogen) atoms. The molecule has 1 aromatic carbocycles. The third-order valence-corrected chi connectivity index (χ3v) is 5.71. The summed E-state index contributed by atoms with van der Waals surface area (Å²) in [6, 6.07) is 12.0. The van der Waals surface area contributed by atoms with Gasteiger partial charge in [-0.3, -0.25) is 4.79 Å². The Hall–Kier alpha value is -2.18. The van der Waals surface area contributed by atoms with Crippen LogP contribution in [0.1, 0.15) is 35.6 Å². The maximum Gasteiger partial charge on any atom is 0.261 e. The van der Waals surface area contributed by atoms with E-state index in [-0.39, 0.29) is 5.91 Å². The molecule has 0 saturated carbocycles. The number of hydrogen-bond acceptors (Lipinski definition) is 4. The van der Waals surface area contributed by atoms with Crippen molar-refractivity contribution in [2.45, 2.75) is 27.2 Å². The lowest BCUT2D eigenvalue weighted by atomic mass is 10.3. The number of aromatic nitrogens is 2. The summed E-state index contributed by atoms with van der Waals surface area (Å²) >= 11 is 1.50. The summed E-state index contributed by atoms with van der Waals surface area (Å²) in [5, 5.41) is 8.72. The SMILES string of the molecule is CCN(CC)CCCNC(=O)c1cc2c(C)nn(-c3ccccc3)c2s1. The first-order valence-electron chi connectivity index (χ1n) is 9.19. The number of thiophene rings is 1. The number of fused-ring (bicyclic) bond motifs is 1. The number of rotatable bonds is 8. The summed E-state index contributed by atoms with van der Waals surface area (Å²) in [6.45, 7) is 10.1. The molecule has 1 N–H and O–H groups in total. The van der Waals surface area contributed by atoms with Crippen molar-refractivity contribution in [3.05, 3.63) is 47.0 Å². The Bertz CT molecular complexity index is 865. The zero-order chi connectivity index (χ0) is 18.5. The van der Waals surface area contributed by atoms with Gasteiger partial charge in [0.2, 0.25) is 0 Å². The van der Waals surface area contributed by atoms with Crippen LogP contribution in [0.5, 0.6) is 0 Å². The van der Waals surface area contributed by atoms with Gasteiger partial charge in [0.15, 0.2) is 0 Å². The molecule has 2 aromatic heterocycles. The molecule has 138 valence electrons. The fourth-order valence-corrected chi connectivity index (χ4v) is 4.13. The van der Waals surface area contributed by atoms with E-state index in [2.05, 4.69) is 29.2 Å². The van der Waals surface area contributed by atoms with Gasteiger partial charge >= 0.3 is 0 Å². The number of benzene rings is 1. The van der Waals surface area contributed by atoms with Crippen molar-refractivity contribution >= 4 is 27.5 Å². The molecule has 0 atom stereocenters. The predicted octanol–water partition coefficient (Wildman–Crippen LogP) is 3.86. The van der Waals surface area contributed by atoms with Crippen LogP contribution in [-0.4, -0.2) is 46.8 Å². The fraction of sp³-hybridized carbons (Fsp3) is 0.400. The fourth-order valence-electron chi connectivity index (χ4n) is 3.03. The second-order valence-electron chi connectivity index (χ2n) is 6.30. The molecular formula is C20H26N4OS. The lowest BCUT2D eigenvalue weighted by Gasteiger charge is -2.17. The summed E-state index contributed by atoms with van der Waals surface area (Å²) in [5.74, 6) is 0.00441. The van der Waals surface area contributed by atoms with Gasteiger partial charge in [-0.15, -0.1) is 11.3 Å². The van der Waals surface area contributed by atoms with Crippen molar-refractivity contribution in [3.63, 3.8) is 0 Å². The number of para-hydroxylation sites is 1. The molecular weight excluding hydrogens is 344 g/mol. The predicted molar refractivity (Wildman–Crippen MR) is 108 cm³/mol. The van der Waals surface area contributed by atoms with Crippen molar-refractivity contribution in [3.8, 4) is 5.69 Å². The number of carbonyl (C=O) groups excluding carboxylic acids is 1. The summed E-state index contributed by atoms with van der Waals surface area (Å²) in [7, 11) is 0. The zero-order valence-corrected chi connectivity index (χ0v) is 16.5. The average Bonchev–Trinajstić information content (AvgIpc) is 3.23. The molecule has 2 heterocycles. The van der Waals surface area contributed by atoms with Gasteiger partial charge in [0, 0.05) is 11.9 Å². The number of nitrogens with one attached hydrogen (secondary N) is 1. The Balaban J connectivity index is 1.70. The van der Waals surface area contributed by atoms with Crippen LogP contribution in [0.4, 0.5) is 0 Å². The van der Waals surface area contributed by atoms with Crippen LogP contribution >= 0.6 is 11.3 Å². The topological polar surface area (TPSA) is 50.2 Å². The first kappa shape index (κ1) is 18.6. The van der Waals surface area contributed by atoms with Gasteiger partial charge in [-0.1, -0.05) is 32.0 Å². The molecule has 0 radical (unpaired) electrons. The van der Waals surface area contributed by atoms with Crippen LogP contribution < -0.4 is 5.32 Å². The van der Waals surface area contributed by atoms with Gasteiger partial charge < -0.3 is 10.2 Å². The highest BCUT2D eigenvalue weighted by Crippen LogP contribution is 2.30. The molecule has 0 aliphatic carbocycles. The van der Waals surface area contributed by atoms with Crippen molar-refractivity contribution < 1.29 is 4.79 Å². The summed E-state index contributed by atoms with van der Waals surface area (Å²) < 4.78 is 1.92. The number of nitrogens with zero attached hydrogens (tertiary/aromatic N) is 3. The first-order valence-corrected chi connectivity index (χ1v) is 10.0. The minimum atomic E-state index is 0.00441. The molecule has 0 saturated heterocycles. The van der Waals surface area contributed by atoms with Crippen LogP contribution in [0.25, 0.3) is 15.9 Å². The summed E-state index contributed by atoms with van der Waals surface area (Å²) in [6.07, 6.45) is 0.967. The smallest absolute Gasteiger partial charge is 0.261 e. The minimum Gasteiger partial charge on any atom is -0.351 e. The first-order chi connectivity index (χ1) is 12.6. The van der Waals surface area contributed by atoms with E-state index in [1.807, 2.05) is 48.0 Å². The molecule has 0 unspecified atom stereocenters. The highest BCUT2D eigenvalue weighted by Gasteiger charge is 2.16. The number of amides is 1. The number of aryl methyl sites for hydroxylation is 1. The van der Waals surface area contributed by atoms with Gasteiger partial charge in [0.05, 0.1) is 16.3 Å². The van der Waals surface area contributed by atoms with Crippen LogP contribution in [-0.2, 0) is 0 Å². The summed E-state index contributed by atoms with van der Waals surface area (Å²) in [5.41, 5.74) is 1.96. The van der Waals surface area contributed by atoms with E-state index in [1.165, 1.54) is 11.3 Å². The van der Waals surface area contributed by atoms with Gasteiger partial charge in [0.1, 0.15) is 4.83 Å². The Morgan fingerprint density at radius 2 is 1.96 bits per heavy atom. The normalized spacial score (nSPS) is 11.4. The van der Waals surface area contributed by atoms with E-state index < -0.39 is 0 Å². The van der Waals surface area contributed by atoms with Crippen LogP contribution in [0.15, 0.2) is 36.4 Å². The van der Waals surface area contributed by atoms with Gasteiger partial charge in [0.25, 0.3) is 5.91 Å². The third kappa shape index (κ3) is 3.97. The lowest BCUT2D eigenvalue weighted by Crippen LogP contribution is -2.29. The largest absolute Gasteiger partial charge is 0.351 e. The Kier molecular flexibility index (Phi) is 6.06. The molecule has 5 nitrogen and oxygen atoms in total. The standard InChI is InChI=1S/C20H26N4OS/c1-4-23(5-2)13-9-12-21-19(25)18-14-17-15(3)22-24(20(17)26-18)16-10-7-6-8-11-16/h6-8,10-11,14H,4-5,9,12-13H2,1-3H3,(H,21,25). The van der Waals surface area contributed by atoms with Crippen molar-refractivity contribution in [1.82, 2.24) is 20.0 Å². The van der Waals surface area contributed by atoms with Crippen molar-refractivity contribution in [1.29, 1.82) is 0 Å². The van der Waals surface area contributed by atoms with E-state index in [4.69, 9.17) is 0 Å². The lowest BCUT2D eigenvalue weighted by molar-refractivity contribution is 0.0956. The molecule has 0 aliphatic rings. The maximum absolute atomic E-state index is 12.5. The molecule has 3 rings (SSSR count). The average molecular weight is 371 g/mol. The van der Waals surface area contributed by atoms with E-state index in [0.29, 0.717) is 6.54 Å². The van der Waals surface area contributed by atoms with Crippen LogP contribution in [0, 0.1) is 6.92 Å². The minimum absolute atomic E-state index is 0.00441. The second-order valence-corrected chi connectivity index (χ2v) is 7.33. The molecule has 6 heteroatoms. The monoisotopic (exact) mass is 370 g/mol. The van der Waals surface area contributed by atoms with Gasteiger partial charge in [-0.05, 0) is 51.2 Å². The van der Waals surface area contributed by atoms with Crippen LogP contribution in [0.2, 0.25) is 0 Å². The molecule has 0 bridgehead atoms. The molecule has 0 fully saturated rings. The Morgan fingerprint density at radius 1 is 1.23 bits per heavy atom. The van der Waals surface area contributed by atoms with E-state index in [0.717, 1.165) is 52.5 Å². The van der Waals surface area contributed by atoms with Crippen molar-refractivity contribution in [2.24, 2.45) is 0 Å². The highest BCUT2D eigenvalue weighted by molar-refractivity contribution is 7.20. The maximum atomic E-state index is 12.5. The summed E-state index contributed by atoms with van der Waals surface area (Å²) in [4.78, 5) is 16.6. The quantitative estimate of drug-likeness (QED) is 0.613. The van der Waals surface area contributed by atoms with Gasteiger partial charge in [-0.25, -0.2) is 4.68 Å². The third-order valence-electron chi connectivity index (χ3n) is 4.60.